The van der Waals surface area contributed by atoms with Crippen molar-refractivity contribution >= 4 is 5.97 Å². The first-order valence-electron chi connectivity index (χ1n) is 5.92. The average molecular weight is 215 g/mol. The first kappa shape index (κ1) is 14.4. The Morgan fingerprint density at radius 3 is 2.33 bits per heavy atom. The lowest BCUT2D eigenvalue weighted by atomic mass is 10.0. The van der Waals surface area contributed by atoms with Gasteiger partial charge in [-0.05, 0) is 33.6 Å². The minimum Gasteiger partial charge on any atom is -0.465 e. The second-order valence-corrected chi connectivity index (χ2v) is 4.38. The third-order valence-corrected chi connectivity index (χ3v) is 2.48. The summed E-state index contributed by atoms with van der Waals surface area (Å²) < 4.78 is 5.03. The number of ether oxygens (including phenoxy) is 1. The molecule has 0 saturated heterocycles. The molecule has 0 rings (SSSR count). The van der Waals surface area contributed by atoms with Gasteiger partial charge in [-0.2, -0.15) is 0 Å². The van der Waals surface area contributed by atoms with Gasteiger partial charge in [0, 0.05) is 6.04 Å². The Hall–Kier alpha value is -0.570. The summed E-state index contributed by atoms with van der Waals surface area (Å²) in [6.07, 6.45) is 3.26. The van der Waals surface area contributed by atoms with Crippen LogP contribution in [0.3, 0.4) is 0 Å². The molecule has 1 atom stereocenters. The largest absolute Gasteiger partial charge is 0.465 e. The third kappa shape index (κ3) is 5.17. The topological polar surface area (TPSA) is 38.3 Å². The summed E-state index contributed by atoms with van der Waals surface area (Å²) in [7, 11) is 0. The molecule has 90 valence electrons. The standard InChI is InChI=1S/C12H25NO2/c1-6-9-10(7-2)13-12(4,5)11(14)15-8-3/h10,13H,6-9H2,1-5H3. The van der Waals surface area contributed by atoms with Gasteiger partial charge in [-0.15, -0.1) is 0 Å². The molecule has 0 fully saturated rings. The van der Waals surface area contributed by atoms with E-state index in [1.54, 1.807) is 0 Å². The fraction of sp³-hybridized carbons (Fsp3) is 0.917. The molecule has 0 aliphatic heterocycles. The highest BCUT2D eigenvalue weighted by molar-refractivity contribution is 5.79. The van der Waals surface area contributed by atoms with Gasteiger partial charge in [-0.3, -0.25) is 10.1 Å². The predicted octanol–water partition coefficient (Wildman–Crippen LogP) is 2.50. The van der Waals surface area contributed by atoms with Crippen LogP contribution in [0.2, 0.25) is 0 Å². The van der Waals surface area contributed by atoms with E-state index >= 15 is 0 Å². The van der Waals surface area contributed by atoms with E-state index in [2.05, 4.69) is 19.2 Å². The minimum absolute atomic E-state index is 0.167. The fourth-order valence-electron chi connectivity index (χ4n) is 1.61. The molecule has 0 heterocycles. The highest BCUT2D eigenvalue weighted by atomic mass is 16.5. The van der Waals surface area contributed by atoms with E-state index in [0.29, 0.717) is 12.6 Å². The predicted molar refractivity (Wildman–Crippen MR) is 62.8 cm³/mol. The lowest BCUT2D eigenvalue weighted by molar-refractivity contribution is -0.150. The van der Waals surface area contributed by atoms with E-state index in [-0.39, 0.29) is 5.97 Å². The lowest BCUT2D eigenvalue weighted by Gasteiger charge is -2.29. The van der Waals surface area contributed by atoms with Crippen molar-refractivity contribution in [2.24, 2.45) is 0 Å². The zero-order valence-electron chi connectivity index (χ0n) is 10.7. The van der Waals surface area contributed by atoms with Crippen molar-refractivity contribution < 1.29 is 9.53 Å². The summed E-state index contributed by atoms with van der Waals surface area (Å²) in [5.41, 5.74) is -0.578. The number of hydrogen-bond donors (Lipinski definition) is 1. The van der Waals surface area contributed by atoms with Crippen molar-refractivity contribution in [3.63, 3.8) is 0 Å². The van der Waals surface area contributed by atoms with Gasteiger partial charge in [-0.25, -0.2) is 0 Å². The molecule has 0 saturated carbocycles. The van der Waals surface area contributed by atoms with Crippen LogP contribution < -0.4 is 5.32 Å². The maximum atomic E-state index is 11.6. The molecule has 1 N–H and O–H groups in total. The van der Waals surface area contributed by atoms with Gasteiger partial charge >= 0.3 is 5.97 Å². The summed E-state index contributed by atoms with van der Waals surface area (Å²) in [4.78, 5) is 11.6. The molecule has 0 radical (unpaired) electrons. The number of rotatable bonds is 7. The summed E-state index contributed by atoms with van der Waals surface area (Å²) in [6, 6.07) is 0.398. The smallest absolute Gasteiger partial charge is 0.325 e. The van der Waals surface area contributed by atoms with Crippen LogP contribution in [0.15, 0.2) is 0 Å². The SMILES string of the molecule is CCCC(CC)NC(C)(C)C(=O)OCC. The van der Waals surface area contributed by atoms with Crippen molar-refractivity contribution in [1.82, 2.24) is 5.32 Å². The lowest BCUT2D eigenvalue weighted by Crippen LogP contribution is -2.52. The van der Waals surface area contributed by atoms with E-state index in [1.807, 2.05) is 20.8 Å². The Morgan fingerprint density at radius 2 is 1.93 bits per heavy atom. The maximum absolute atomic E-state index is 11.6. The maximum Gasteiger partial charge on any atom is 0.325 e. The summed E-state index contributed by atoms with van der Waals surface area (Å²) in [5, 5.41) is 3.35. The van der Waals surface area contributed by atoms with E-state index in [4.69, 9.17) is 4.74 Å². The number of esters is 1. The number of carbonyl (C=O) groups excluding carboxylic acids is 1. The molecule has 0 aliphatic rings. The molecule has 0 aromatic carbocycles. The monoisotopic (exact) mass is 215 g/mol. The van der Waals surface area contributed by atoms with Crippen LogP contribution in [0.25, 0.3) is 0 Å². The molecular formula is C12H25NO2. The molecule has 1 unspecified atom stereocenters. The summed E-state index contributed by atoms with van der Waals surface area (Å²) >= 11 is 0. The second-order valence-electron chi connectivity index (χ2n) is 4.38. The van der Waals surface area contributed by atoms with Crippen LogP contribution in [0.1, 0.15) is 53.9 Å². The second kappa shape index (κ2) is 6.83. The Kier molecular flexibility index (Phi) is 6.57. The highest BCUT2D eigenvalue weighted by Crippen LogP contribution is 2.11. The van der Waals surface area contributed by atoms with Crippen molar-refractivity contribution in [2.75, 3.05) is 6.61 Å². The first-order chi connectivity index (χ1) is 6.97. The van der Waals surface area contributed by atoms with Crippen molar-refractivity contribution in [1.29, 1.82) is 0 Å². The average Bonchev–Trinajstić information content (AvgIpc) is 2.17. The van der Waals surface area contributed by atoms with Gasteiger partial charge in [-0.1, -0.05) is 20.3 Å². The van der Waals surface area contributed by atoms with Crippen LogP contribution in [0.4, 0.5) is 0 Å². The zero-order chi connectivity index (χ0) is 11.9. The number of hydrogen-bond acceptors (Lipinski definition) is 3. The van der Waals surface area contributed by atoms with E-state index in [9.17, 15) is 4.79 Å². The van der Waals surface area contributed by atoms with E-state index < -0.39 is 5.54 Å². The van der Waals surface area contributed by atoms with Gasteiger partial charge < -0.3 is 4.74 Å². The van der Waals surface area contributed by atoms with Crippen molar-refractivity contribution in [3.8, 4) is 0 Å². The van der Waals surface area contributed by atoms with Crippen molar-refractivity contribution in [3.05, 3.63) is 0 Å². The van der Waals surface area contributed by atoms with Gasteiger partial charge in [0.25, 0.3) is 0 Å². The van der Waals surface area contributed by atoms with Gasteiger partial charge in [0.2, 0.25) is 0 Å². The summed E-state index contributed by atoms with van der Waals surface area (Å²) in [5.74, 6) is -0.167. The third-order valence-electron chi connectivity index (χ3n) is 2.48. The van der Waals surface area contributed by atoms with Gasteiger partial charge in [0.1, 0.15) is 5.54 Å². The molecule has 0 aliphatic carbocycles. The molecular weight excluding hydrogens is 190 g/mol. The zero-order valence-corrected chi connectivity index (χ0v) is 10.7. The van der Waals surface area contributed by atoms with E-state index in [1.165, 1.54) is 0 Å². The van der Waals surface area contributed by atoms with Gasteiger partial charge in [0.15, 0.2) is 0 Å². The normalized spacial score (nSPS) is 13.7. The molecule has 15 heavy (non-hydrogen) atoms. The Labute approximate surface area is 93.6 Å². The molecule has 3 heteroatoms. The molecule has 0 aromatic rings. The van der Waals surface area contributed by atoms with Crippen LogP contribution in [-0.4, -0.2) is 24.2 Å². The minimum atomic E-state index is -0.578. The Balaban J connectivity index is 4.26. The first-order valence-corrected chi connectivity index (χ1v) is 5.92. The molecule has 3 nitrogen and oxygen atoms in total. The fourth-order valence-corrected chi connectivity index (χ4v) is 1.61. The molecule has 0 aromatic heterocycles. The van der Waals surface area contributed by atoms with Gasteiger partial charge in [0.05, 0.1) is 6.61 Å². The van der Waals surface area contributed by atoms with Crippen LogP contribution in [0, 0.1) is 0 Å². The summed E-state index contributed by atoms with van der Waals surface area (Å²) in [6.45, 7) is 10.3. The van der Waals surface area contributed by atoms with Crippen LogP contribution in [0.5, 0.6) is 0 Å². The molecule has 0 spiro atoms. The Bertz CT molecular complexity index is 190. The van der Waals surface area contributed by atoms with Crippen LogP contribution in [-0.2, 0) is 9.53 Å². The Morgan fingerprint density at radius 1 is 1.33 bits per heavy atom. The number of carbonyl (C=O) groups is 1. The quantitative estimate of drug-likeness (QED) is 0.663. The van der Waals surface area contributed by atoms with Crippen LogP contribution >= 0.6 is 0 Å². The molecule has 0 amide bonds. The highest BCUT2D eigenvalue weighted by Gasteiger charge is 2.30. The molecule has 0 bridgehead atoms. The number of nitrogens with one attached hydrogen (secondary N) is 1. The van der Waals surface area contributed by atoms with Crippen molar-refractivity contribution in [2.45, 2.75) is 65.5 Å². The van der Waals surface area contributed by atoms with E-state index in [0.717, 1.165) is 19.3 Å².